The molecule has 0 radical (unpaired) electrons. The van der Waals surface area contributed by atoms with Gasteiger partial charge >= 0.3 is 0 Å². The third-order valence-corrected chi connectivity index (χ3v) is 5.02. The normalized spacial score (nSPS) is 42.6. The van der Waals surface area contributed by atoms with Crippen molar-refractivity contribution in [3.8, 4) is 0 Å². The largest absolute Gasteiger partial charge is 0.359 e. The molecule has 0 aliphatic carbocycles. The number of hydrogen-bond donors (Lipinski definition) is 0. The fourth-order valence-electron chi connectivity index (χ4n) is 3.38. The first-order chi connectivity index (χ1) is 10.3. The van der Waals surface area contributed by atoms with E-state index in [1.165, 1.54) is 0 Å². The molecule has 0 unspecified atom stereocenters. The summed E-state index contributed by atoms with van der Waals surface area (Å²) in [6, 6.07) is 0. The van der Waals surface area contributed by atoms with E-state index in [0.29, 0.717) is 6.61 Å². The molecule has 0 bridgehead atoms. The molecule has 0 aromatic carbocycles. The zero-order chi connectivity index (χ0) is 15.5. The Labute approximate surface area is 133 Å². The molecule has 7 heteroatoms. The Hall–Kier alpha value is -0.570. The molecular weight excluding hydrogens is 306 g/mol. The van der Waals surface area contributed by atoms with Crippen molar-refractivity contribution in [3.63, 3.8) is 0 Å². The zero-order valence-electron chi connectivity index (χ0n) is 13.1. The highest BCUT2D eigenvalue weighted by molar-refractivity contribution is 7.09. The van der Waals surface area contributed by atoms with Gasteiger partial charge in [0.05, 0.1) is 6.61 Å². The number of fused-ring (bicyclic) bond motifs is 1. The van der Waals surface area contributed by atoms with Crippen LogP contribution in [-0.4, -0.2) is 47.6 Å². The van der Waals surface area contributed by atoms with Gasteiger partial charge in [-0.05, 0) is 27.7 Å². The first-order valence-corrected chi connectivity index (χ1v) is 8.45. The summed E-state index contributed by atoms with van der Waals surface area (Å²) in [6.07, 6.45) is 0.839. The molecule has 0 spiro atoms. The Morgan fingerprint density at radius 3 is 2.45 bits per heavy atom. The van der Waals surface area contributed by atoms with Gasteiger partial charge in [-0.3, -0.25) is 0 Å². The van der Waals surface area contributed by atoms with Gasteiger partial charge in [0.1, 0.15) is 35.5 Å². The predicted molar refractivity (Wildman–Crippen MR) is 78.5 cm³/mol. The van der Waals surface area contributed by atoms with Crippen LogP contribution in [0.3, 0.4) is 0 Å². The van der Waals surface area contributed by atoms with Crippen molar-refractivity contribution in [3.05, 3.63) is 16.6 Å². The van der Waals surface area contributed by atoms with Crippen LogP contribution in [0.15, 0.2) is 11.6 Å². The second-order valence-corrected chi connectivity index (χ2v) is 7.75. The molecule has 22 heavy (non-hydrogen) atoms. The van der Waals surface area contributed by atoms with Crippen LogP contribution in [0.5, 0.6) is 0 Å². The summed E-state index contributed by atoms with van der Waals surface area (Å²) in [5.41, 5.74) is 0. The van der Waals surface area contributed by atoms with Gasteiger partial charge in [0, 0.05) is 11.6 Å². The summed E-state index contributed by atoms with van der Waals surface area (Å²) in [4.78, 5) is 4.38. The van der Waals surface area contributed by atoms with Gasteiger partial charge in [0.25, 0.3) is 0 Å². The van der Waals surface area contributed by atoms with Crippen LogP contribution in [0, 0.1) is 0 Å². The van der Waals surface area contributed by atoms with Crippen LogP contribution >= 0.6 is 11.3 Å². The van der Waals surface area contributed by atoms with Gasteiger partial charge in [-0.15, -0.1) is 11.3 Å². The summed E-state index contributed by atoms with van der Waals surface area (Å²) in [6.45, 7) is 8.17. The maximum absolute atomic E-state index is 6.24. The minimum Gasteiger partial charge on any atom is -0.359 e. The molecular formula is C15H21NO5S. The summed E-state index contributed by atoms with van der Waals surface area (Å²) < 4.78 is 30.1. The van der Waals surface area contributed by atoms with Crippen molar-refractivity contribution in [2.24, 2.45) is 0 Å². The smallest absolute Gasteiger partial charge is 0.164 e. The van der Waals surface area contributed by atoms with Crippen LogP contribution in [0.2, 0.25) is 0 Å². The number of thiazole rings is 1. The lowest BCUT2D eigenvalue weighted by Gasteiger charge is -2.26. The number of rotatable bonds is 2. The molecule has 3 aliphatic rings. The highest BCUT2D eigenvalue weighted by Gasteiger charge is 2.59. The van der Waals surface area contributed by atoms with Crippen molar-refractivity contribution >= 4 is 11.3 Å². The fourth-order valence-corrected chi connectivity index (χ4v) is 4.09. The molecule has 4 rings (SSSR count). The van der Waals surface area contributed by atoms with Crippen molar-refractivity contribution in [2.75, 3.05) is 6.61 Å². The average molecular weight is 327 g/mol. The van der Waals surface area contributed by atoms with Crippen molar-refractivity contribution in [1.82, 2.24) is 4.98 Å². The maximum atomic E-state index is 6.24. The second-order valence-electron chi connectivity index (χ2n) is 6.82. The van der Waals surface area contributed by atoms with E-state index in [1.807, 2.05) is 33.1 Å². The Morgan fingerprint density at radius 1 is 1.05 bits per heavy atom. The quantitative estimate of drug-likeness (QED) is 0.830. The molecule has 1 aromatic heterocycles. The van der Waals surface area contributed by atoms with E-state index < -0.39 is 11.6 Å². The van der Waals surface area contributed by atoms with Crippen molar-refractivity contribution in [2.45, 2.75) is 69.8 Å². The van der Waals surface area contributed by atoms with Gasteiger partial charge in [0.15, 0.2) is 11.6 Å². The lowest BCUT2D eigenvalue weighted by molar-refractivity contribution is -0.207. The minimum absolute atomic E-state index is 0.162. The summed E-state index contributed by atoms with van der Waals surface area (Å²) in [5, 5.41) is 2.86. The van der Waals surface area contributed by atoms with Gasteiger partial charge in [-0.25, -0.2) is 4.98 Å². The highest BCUT2D eigenvalue weighted by atomic mass is 32.1. The molecule has 6 nitrogen and oxygen atoms in total. The molecule has 0 saturated carbocycles. The topological polar surface area (TPSA) is 59.0 Å². The van der Waals surface area contributed by atoms with E-state index in [9.17, 15) is 0 Å². The van der Waals surface area contributed by atoms with E-state index in [1.54, 1.807) is 17.5 Å². The van der Waals surface area contributed by atoms with Crippen LogP contribution in [-0.2, 0) is 23.7 Å². The highest BCUT2D eigenvalue weighted by Crippen LogP contribution is 2.47. The Kier molecular flexibility index (Phi) is 3.38. The number of hydrogen-bond acceptors (Lipinski definition) is 7. The van der Waals surface area contributed by atoms with E-state index in [0.717, 1.165) is 5.01 Å². The van der Waals surface area contributed by atoms with E-state index in [-0.39, 0.29) is 30.5 Å². The Bertz CT molecular complexity index is 546. The minimum atomic E-state index is -0.623. The predicted octanol–water partition coefficient (Wildman–Crippen LogP) is 2.25. The van der Waals surface area contributed by atoms with Crippen LogP contribution in [0.25, 0.3) is 0 Å². The number of aromatic nitrogens is 1. The van der Waals surface area contributed by atoms with Crippen molar-refractivity contribution < 1.29 is 23.7 Å². The van der Waals surface area contributed by atoms with Crippen LogP contribution in [0.1, 0.15) is 38.8 Å². The Morgan fingerprint density at radius 2 is 1.82 bits per heavy atom. The Balaban J connectivity index is 1.60. The lowest BCUT2D eigenvalue weighted by Crippen LogP contribution is -2.40. The number of ether oxygens (including phenoxy) is 5. The average Bonchev–Trinajstić information content (AvgIpc) is 3.12. The molecule has 3 fully saturated rings. The zero-order valence-corrected chi connectivity index (χ0v) is 14.0. The summed E-state index contributed by atoms with van der Waals surface area (Å²) >= 11 is 1.57. The van der Waals surface area contributed by atoms with Crippen molar-refractivity contribution in [1.29, 1.82) is 0 Å². The molecule has 4 heterocycles. The van der Waals surface area contributed by atoms with Gasteiger partial charge < -0.3 is 23.7 Å². The van der Waals surface area contributed by atoms with Gasteiger partial charge in [-0.2, -0.15) is 0 Å². The molecule has 3 saturated heterocycles. The first kappa shape index (κ1) is 15.0. The standard InChI is InChI=1S/C15H21NO5S/c1-14(2)17-7-8(19-14)9-10-11(21-15(3,4)20-10)12(18-9)13-16-5-6-22-13/h5-6,8-12H,7H2,1-4H3/t8-,9-,10+,11+,12-/m1/s1. The molecule has 1 aromatic rings. The fraction of sp³-hybridized carbons (Fsp3) is 0.800. The monoisotopic (exact) mass is 327 g/mol. The van der Waals surface area contributed by atoms with Gasteiger partial charge in [-0.1, -0.05) is 0 Å². The van der Waals surface area contributed by atoms with Crippen LogP contribution in [0.4, 0.5) is 0 Å². The van der Waals surface area contributed by atoms with E-state index >= 15 is 0 Å². The van der Waals surface area contributed by atoms with E-state index in [2.05, 4.69) is 4.98 Å². The molecule has 5 atom stereocenters. The first-order valence-electron chi connectivity index (χ1n) is 7.57. The molecule has 3 aliphatic heterocycles. The van der Waals surface area contributed by atoms with Gasteiger partial charge in [0.2, 0.25) is 0 Å². The maximum Gasteiger partial charge on any atom is 0.164 e. The molecule has 0 amide bonds. The lowest BCUT2D eigenvalue weighted by atomic mass is 10.0. The molecule has 0 N–H and O–H groups in total. The molecule has 122 valence electrons. The second kappa shape index (κ2) is 4.96. The SMILES string of the molecule is CC1(C)O[C@H]2[C@@H]([C@H]3COC(C)(C)O3)O[C@@H](c3nccs3)[C@H]2O1. The summed E-state index contributed by atoms with van der Waals surface area (Å²) in [7, 11) is 0. The summed E-state index contributed by atoms with van der Waals surface area (Å²) in [5.74, 6) is -1.21. The van der Waals surface area contributed by atoms with E-state index in [4.69, 9.17) is 23.7 Å². The third-order valence-electron chi connectivity index (χ3n) is 4.18. The third kappa shape index (κ3) is 2.50. The van der Waals surface area contributed by atoms with Crippen LogP contribution < -0.4 is 0 Å². The number of nitrogens with zero attached hydrogens (tertiary/aromatic N) is 1.